The molecular weight excluding hydrogens is 444 g/mol. The third-order valence-electron chi connectivity index (χ3n) is 7.30. The summed E-state index contributed by atoms with van der Waals surface area (Å²) in [5, 5.41) is 2.91. The number of likely N-dealkylation sites (N-methyl/N-ethyl adjacent to an activating group) is 1. The van der Waals surface area contributed by atoms with E-state index in [0.717, 1.165) is 24.9 Å². The lowest BCUT2D eigenvalue weighted by Crippen LogP contribution is -2.53. The van der Waals surface area contributed by atoms with E-state index in [1.54, 1.807) is 4.90 Å². The van der Waals surface area contributed by atoms with E-state index in [4.69, 9.17) is 10.5 Å². The largest absolute Gasteiger partial charge is 0.378 e. The minimum Gasteiger partial charge on any atom is -0.378 e. The molecule has 1 saturated carbocycles. The first-order valence-corrected chi connectivity index (χ1v) is 13.2. The number of nitrogens with zero attached hydrogens (tertiary/aromatic N) is 2. The average molecular weight is 487 g/mol. The van der Waals surface area contributed by atoms with Gasteiger partial charge in [0.15, 0.2) is 0 Å². The maximum absolute atomic E-state index is 13.4. The van der Waals surface area contributed by atoms with Crippen LogP contribution in [0.15, 0.2) is 30.3 Å². The van der Waals surface area contributed by atoms with Crippen LogP contribution in [0.3, 0.4) is 0 Å². The van der Waals surface area contributed by atoms with Crippen molar-refractivity contribution >= 4 is 17.7 Å². The summed E-state index contributed by atoms with van der Waals surface area (Å²) < 4.78 is 5.36. The summed E-state index contributed by atoms with van der Waals surface area (Å²) in [4.78, 5) is 42.6. The number of hydrogen-bond acceptors (Lipinski definition) is 5. The molecule has 2 atom stereocenters. The highest BCUT2D eigenvalue weighted by atomic mass is 16.5. The number of primary amides is 1. The molecule has 1 saturated heterocycles. The molecule has 2 fully saturated rings. The van der Waals surface area contributed by atoms with Crippen LogP contribution in [0.4, 0.5) is 0 Å². The summed E-state index contributed by atoms with van der Waals surface area (Å²) in [6, 6.07) is 9.21. The molecule has 3 N–H and O–H groups in total. The summed E-state index contributed by atoms with van der Waals surface area (Å²) in [6.07, 6.45) is 6.60. The number of hydrogen-bond donors (Lipinski definition) is 2. The first-order chi connectivity index (χ1) is 17.0. The highest BCUT2D eigenvalue weighted by Gasteiger charge is 2.31. The molecule has 8 heteroatoms. The van der Waals surface area contributed by atoms with Crippen LogP contribution >= 0.6 is 0 Å². The second kappa shape index (κ2) is 14.2. The number of carbonyl (C=O) groups is 3. The Morgan fingerprint density at radius 1 is 1.11 bits per heavy atom. The lowest BCUT2D eigenvalue weighted by Gasteiger charge is -2.31. The van der Waals surface area contributed by atoms with E-state index < -0.39 is 17.9 Å². The number of ether oxygens (including phenoxy) is 1. The minimum atomic E-state index is -0.807. The fourth-order valence-corrected chi connectivity index (χ4v) is 5.16. The van der Waals surface area contributed by atoms with Gasteiger partial charge in [0, 0.05) is 38.5 Å². The molecular formula is C27H42N4O4. The Morgan fingerprint density at radius 2 is 1.80 bits per heavy atom. The number of benzene rings is 1. The first kappa shape index (κ1) is 27.1. The normalized spacial score (nSPS) is 18.7. The Labute approximate surface area is 209 Å². The zero-order valence-corrected chi connectivity index (χ0v) is 21.1. The van der Waals surface area contributed by atoms with Gasteiger partial charge in [-0.15, -0.1) is 0 Å². The molecule has 1 aliphatic carbocycles. The van der Waals surface area contributed by atoms with Crippen LogP contribution in [0.25, 0.3) is 0 Å². The molecule has 0 aromatic heterocycles. The molecule has 35 heavy (non-hydrogen) atoms. The van der Waals surface area contributed by atoms with Gasteiger partial charge in [-0.2, -0.15) is 0 Å². The molecule has 0 unspecified atom stereocenters. The van der Waals surface area contributed by atoms with Gasteiger partial charge in [-0.05, 0) is 24.4 Å². The third-order valence-corrected chi connectivity index (χ3v) is 7.30. The predicted molar refractivity (Wildman–Crippen MR) is 135 cm³/mol. The number of carbonyl (C=O) groups excluding carboxylic acids is 3. The van der Waals surface area contributed by atoms with Gasteiger partial charge in [0.25, 0.3) is 0 Å². The van der Waals surface area contributed by atoms with E-state index in [-0.39, 0.29) is 18.2 Å². The summed E-state index contributed by atoms with van der Waals surface area (Å²) >= 11 is 0. The molecule has 0 radical (unpaired) electrons. The van der Waals surface area contributed by atoms with Gasteiger partial charge in [0.05, 0.1) is 13.2 Å². The van der Waals surface area contributed by atoms with Crippen LogP contribution < -0.4 is 11.1 Å². The van der Waals surface area contributed by atoms with Gasteiger partial charge >= 0.3 is 0 Å². The van der Waals surface area contributed by atoms with Crippen molar-refractivity contribution in [3.8, 4) is 0 Å². The van der Waals surface area contributed by atoms with E-state index >= 15 is 0 Å². The molecule has 2 aliphatic rings. The topological polar surface area (TPSA) is 105 Å². The van der Waals surface area contributed by atoms with E-state index in [9.17, 15) is 14.4 Å². The Morgan fingerprint density at radius 3 is 2.43 bits per heavy atom. The van der Waals surface area contributed by atoms with Crippen molar-refractivity contribution in [2.45, 2.75) is 64.5 Å². The van der Waals surface area contributed by atoms with Gasteiger partial charge in [-0.1, -0.05) is 69.4 Å². The Balaban J connectivity index is 1.65. The van der Waals surface area contributed by atoms with Crippen LogP contribution in [-0.4, -0.2) is 73.0 Å². The van der Waals surface area contributed by atoms with E-state index in [1.165, 1.54) is 19.3 Å². The van der Waals surface area contributed by atoms with Crippen molar-refractivity contribution in [1.29, 1.82) is 0 Å². The smallest absolute Gasteiger partial charge is 0.241 e. The van der Waals surface area contributed by atoms with E-state index in [2.05, 4.69) is 10.2 Å². The van der Waals surface area contributed by atoms with Crippen LogP contribution in [0.1, 0.15) is 57.4 Å². The second-order valence-electron chi connectivity index (χ2n) is 9.91. The van der Waals surface area contributed by atoms with Gasteiger partial charge in [-0.25, -0.2) is 0 Å². The fraction of sp³-hybridized carbons (Fsp3) is 0.667. The molecule has 0 spiro atoms. The fourth-order valence-electron chi connectivity index (χ4n) is 5.16. The van der Waals surface area contributed by atoms with Crippen molar-refractivity contribution in [1.82, 2.24) is 15.1 Å². The lowest BCUT2D eigenvalue weighted by atomic mass is 9.81. The second-order valence-corrected chi connectivity index (χ2v) is 9.91. The molecule has 3 amide bonds. The molecule has 8 nitrogen and oxygen atoms in total. The van der Waals surface area contributed by atoms with Crippen molar-refractivity contribution < 1.29 is 19.1 Å². The molecule has 1 aliphatic heterocycles. The van der Waals surface area contributed by atoms with Crippen LogP contribution in [0.2, 0.25) is 0 Å². The summed E-state index contributed by atoms with van der Waals surface area (Å²) in [5.74, 6) is -0.828. The standard InChI is InChI=1S/C27H42N4O4/c1-2-30(19-22-11-7-4-8-12-22)20-24(26(28)33)29-27(34)23(17-21-9-5-3-6-10-21)18-25(32)31-13-15-35-16-14-31/h4,7-8,11-12,21,23-24H,2-3,5-6,9-10,13-20H2,1H3,(H2,28,33)(H,29,34)/t23-,24-/m1/s1. The van der Waals surface area contributed by atoms with Crippen molar-refractivity contribution in [3.05, 3.63) is 35.9 Å². The van der Waals surface area contributed by atoms with Gasteiger partial charge in [0.1, 0.15) is 6.04 Å². The number of morpholine rings is 1. The number of rotatable bonds is 12. The van der Waals surface area contributed by atoms with Crippen molar-refractivity contribution in [2.75, 3.05) is 39.4 Å². The van der Waals surface area contributed by atoms with Crippen LogP contribution in [0, 0.1) is 11.8 Å². The minimum absolute atomic E-state index is 0.0147. The van der Waals surface area contributed by atoms with Crippen LogP contribution in [-0.2, 0) is 25.7 Å². The van der Waals surface area contributed by atoms with Crippen LogP contribution in [0.5, 0.6) is 0 Å². The van der Waals surface area contributed by atoms with E-state index in [0.29, 0.717) is 51.7 Å². The van der Waals surface area contributed by atoms with Gasteiger partial charge in [0.2, 0.25) is 17.7 Å². The molecule has 0 bridgehead atoms. The summed E-state index contributed by atoms with van der Waals surface area (Å²) in [5.41, 5.74) is 6.85. The molecule has 1 heterocycles. The lowest BCUT2D eigenvalue weighted by molar-refractivity contribution is -0.140. The monoisotopic (exact) mass is 486 g/mol. The van der Waals surface area contributed by atoms with E-state index in [1.807, 2.05) is 37.3 Å². The predicted octanol–water partition coefficient (Wildman–Crippen LogP) is 2.31. The zero-order valence-electron chi connectivity index (χ0n) is 21.1. The first-order valence-electron chi connectivity index (χ1n) is 13.2. The molecule has 194 valence electrons. The highest BCUT2D eigenvalue weighted by Crippen LogP contribution is 2.30. The zero-order chi connectivity index (χ0) is 25.0. The number of nitrogens with one attached hydrogen (secondary N) is 1. The quantitative estimate of drug-likeness (QED) is 0.472. The highest BCUT2D eigenvalue weighted by molar-refractivity contribution is 5.90. The summed E-state index contributed by atoms with van der Waals surface area (Å²) in [7, 11) is 0. The maximum atomic E-state index is 13.4. The van der Waals surface area contributed by atoms with Gasteiger partial charge in [-0.3, -0.25) is 19.3 Å². The van der Waals surface area contributed by atoms with Crippen molar-refractivity contribution in [3.63, 3.8) is 0 Å². The molecule has 1 aromatic carbocycles. The Kier molecular flexibility index (Phi) is 11.0. The SMILES string of the molecule is CCN(Cc1ccccc1)C[C@@H](NC(=O)[C@@H](CC(=O)N1CCOCC1)CC1CCCCC1)C(N)=O. The number of amides is 3. The Bertz CT molecular complexity index is 807. The summed E-state index contributed by atoms with van der Waals surface area (Å²) in [6.45, 7) is 5.92. The van der Waals surface area contributed by atoms with Crippen molar-refractivity contribution in [2.24, 2.45) is 17.6 Å². The van der Waals surface area contributed by atoms with Gasteiger partial charge < -0.3 is 20.7 Å². The molecule has 1 aromatic rings. The Hall–Kier alpha value is -2.45. The molecule has 3 rings (SSSR count). The average Bonchev–Trinajstić information content (AvgIpc) is 2.88. The third kappa shape index (κ3) is 8.93. The maximum Gasteiger partial charge on any atom is 0.241 e. The number of nitrogens with two attached hydrogens (primary N) is 1.